The quantitative estimate of drug-likeness (QED) is 0.584. The molecule has 2 aromatic carbocycles. The number of carbonyl (C=O) groups excluding carboxylic acids is 2. The summed E-state index contributed by atoms with van der Waals surface area (Å²) in [6, 6.07) is 8.12. The summed E-state index contributed by atoms with van der Waals surface area (Å²) in [6.07, 6.45) is 0. The van der Waals surface area contributed by atoms with Gasteiger partial charge in [0.15, 0.2) is 0 Å². The van der Waals surface area contributed by atoms with Crippen molar-refractivity contribution >= 4 is 28.9 Å². The van der Waals surface area contributed by atoms with E-state index in [1.165, 1.54) is 13.0 Å². The Kier molecular flexibility index (Phi) is 6.02. The molecule has 1 N–H and O–H groups in total. The molecule has 11 heteroatoms. The summed E-state index contributed by atoms with van der Waals surface area (Å²) in [6.45, 7) is 2.99. The van der Waals surface area contributed by atoms with E-state index in [9.17, 15) is 29.8 Å². The molecule has 0 bridgehead atoms. The van der Waals surface area contributed by atoms with Crippen LogP contribution in [0.5, 0.6) is 0 Å². The molecule has 1 aliphatic heterocycles. The number of anilines is 1. The largest absolute Gasteiger partial charge is 0.378 e. The number of nitro groups is 2. The Hall–Kier alpha value is -3.86. The topological polar surface area (TPSA) is 145 Å². The Morgan fingerprint density at radius 2 is 1.70 bits per heavy atom. The third kappa shape index (κ3) is 4.25. The summed E-state index contributed by atoms with van der Waals surface area (Å²) in [5.41, 5.74) is -0.898. The minimum absolute atomic E-state index is 0.0138. The van der Waals surface area contributed by atoms with Crippen molar-refractivity contribution in [2.75, 3.05) is 31.6 Å². The first-order chi connectivity index (χ1) is 14.3. The number of benzene rings is 2. The lowest BCUT2D eigenvalue weighted by Gasteiger charge is -2.27. The summed E-state index contributed by atoms with van der Waals surface area (Å²) >= 11 is 0. The molecule has 30 heavy (non-hydrogen) atoms. The first kappa shape index (κ1) is 20.9. The van der Waals surface area contributed by atoms with E-state index < -0.39 is 27.1 Å². The van der Waals surface area contributed by atoms with Crippen LogP contribution in [0.2, 0.25) is 0 Å². The number of nitro benzene ring substituents is 2. The number of carbonyl (C=O) groups is 2. The van der Waals surface area contributed by atoms with Gasteiger partial charge in [-0.15, -0.1) is 0 Å². The van der Waals surface area contributed by atoms with E-state index >= 15 is 0 Å². The van der Waals surface area contributed by atoms with Crippen LogP contribution in [-0.2, 0) is 4.74 Å². The zero-order valence-corrected chi connectivity index (χ0v) is 16.0. The zero-order chi connectivity index (χ0) is 21.8. The predicted molar refractivity (Wildman–Crippen MR) is 106 cm³/mol. The standard InChI is InChI=1S/C19H18N4O7/c1-12-15(10-13(22(26)27)11-17(12)23(28)29)18(24)20-16-5-3-2-4-14(16)19(25)21-6-8-30-9-7-21/h2-5,10-11H,6-9H2,1H3,(H,20,24). The minimum atomic E-state index is -0.806. The fourth-order valence-corrected chi connectivity index (χ4v) is 3.12. The molecule has 0 saturated carbocycles. The predicted octanol–water partition coefficient (Wildman–Crippen LogP) is 2.54. The summed E-state index contributed by atoms with van der Waals surface area (Å²) in [5, 5.41) is 24.9. The van der Waals surface area contributed by atoms with Gasteiger partial charge in [0.2, 0.25) is 0 Å². The molecule has 0 aromatic heterocycles. The molecule has 11 nitrogen and oxygen atoms in total. The third-order valence-corrected chi connectivity index (χ3v) is 4.72. The maximum Gasteiger partial charge on any atom is 0.279 e. The minimum Gasteiger partial charge on any atom is -0.378 e. The molecule has 1 heterocycles. The first-order valence-electron chi connectivity index (χ1n) is 9.00. The number of non-ortho nitro benzene ring substituents is 1. The highest BCUT2D eigenvalue weighted by atomic mass is 16.6. The molecular formula is C19H18N4O7. The summed E-state index contributed by atoms with van der Waals surface area (Å²) < 4.78 is 5.24. The number of ether oxygens (including phenoxy) is 1. The Morgan fingerprint density at radius 1 is 1.03 bits per heavy atom. The normalized spacial score (nSPS) is 13.6. The van der Waals surface area contributed by atoms with Crippen molar-refractivity contribution in [3.8, 4) is 0 Å². The average Bonchev–Trinajstić information content (AvgIpc) is 2.74. The van der Waals surface area contributed by atoms with E-state index in [0.717, 1.165) is 12.1 Å². The van der Waals surface area contributed by atoms with E-state index in [4.69, 9.17) is 4.74 Å². The van der Waals surface area contributed by atoms with E-state index in [1.54, 1.807) is 23.1 Å². The highest BCUT2D eigenvalue weighted by Crippen LogP contribution is 2.29. The highest BCUT2D eigenvalue weighted by Gasteiger charge is 2.26. The van der Waals surface area contributed by atoms with Gasteiger partial charge >= 0.3 is 0 Å². The Morgan fingerprint density at radius 3 is 2.33 bits per heavy atom. The van der Waals surface area contributed by atoms with Gasteiger partial charge in [-0.25, -0.2) is 0 Å². The number of hydrogen-bond acceptors (Lipinski definition) is 7. The molecule has 2 amide bonds. The van der Waals surface area contributed by atoms with Crippen molar-refractivity contribution in [1.82, 2.24) is 4.90 Å². The molecule has 1 aliphatic rings. The van der Waals surface area contributed by atoms with Crippen LogP contribution in [0.3, 0.4) is 0 Å². The maximum absolute atomic E-state index is 12.8. The first-order valence-corrected chi connectivity index (χ1v) is 9.00. The summed E-state index contributed by atoms with van der Waals surface area (Å²) in [5.74, 6) is -1.09. The lowest BCUT2D eigenvalue weighted by molar-refractivity contribution is -0.394. The molecule has 1 saturated heterocycles. The fourth-order valence-electron chi connectivity index (χ4n) is 3.12. The SMILES string of the molecule is Cc1c(C(=O)Nc2ccccc2C(=O)N2CCOCC2)cc([N+](=O)[O-])cc1[N+](=O)[O-]. The molecule has 0 aliphatic carbocycles. The monoisotopic (exact) mass is 414 g/mol. The molecule has 0 atom stereocenters. The van der Waals surface area contributed by atoms with Gasteiger partial charge in [0.1, 0.15) is 0 Å². The van der Waals surface area contributed by atoms with Crippen LogP contribution in [0.15, 0.2) is 36.4 Å². The van der Waals surface area contributed by atoms with Gasteiger partial charge in [0.25, 0.3) is 23.2 Å². The van der Waals surface area contributed by atoms with Gasteiger partial charge in [0, 0.05) is 24.7 Å². The van der Waals surface area contributed by atoms with E-state index in [1.807, 2.05) is 0 Å². The average molecular weight is 414 g/mol. The van der Waals surface area contributed by atoms with Gasteiger partial charge in [0.05, 0.1) is 45.9 Å². The molecule has 3 rings (SSSR count). The number of amides is 2. The van der Waals surface area contributed by atoms with Crippen molar-refractivity contribution in [1.29, 1.82) is 0 Å². The molecule has 0 spiro atoms. The number of para-hydroxylation sites is 1. The van der Waals surface area contributed by atoms with Gasteiger partial charge < -0.3 is 15.0 Å². The van der Waals surface area contributed by atoms with Crippen LogP contribution in [0, 0.1) is 27.2 Å². The maximum atomic E-state index is 12.8. The number of nitrogens with zero attached hydrogens (tertiary/aromatic N) is 3. The van der Waals surface area contributed by atoms with Gasteiger partial charge in [-0.1, -0.05) is 12.1 Å². The molecule has 1 fully saturated rings. The van der Waals surface area contributed by atoms with Crippen molar-refractivity contribution in [2.45, 2.75) is 6.92 Å². The van der Waals surface area contributed by atoms with Crippen molar-refractivity contribution in [2.24, 2.45) is 0 Å². The third-order valence-electron chi connectivity index (χ3n) is 4.72. The Balaban J connectivity index is 1.94. The number of morpholine rings is 1. The van der Waals surface area contributed by atoms with E-state index in [2.05, 4.69) is 5.32 Å². The second-order valence-electron chi connectivity index (χ2n) is 6.56. The smallest absolute Gasteiger partial charge is 0.279 e. The summed E-state index contributed by atoms with van der Waals surface area (Å²) in [7, 11) is 0. The number of nitrogens with one attached hydrogen (secondary N) is 1. The molecule has 0 radical (unpaired) electrons. The van der Waals surface area contributed by atoms with Crippen LogP contribution >= 0.6 is 0 Å². The van der Waals surface area contributed by atoms with Gasteiger partial charge in [-0.3, -0.25) is 29.8 Å². The number of hydrogen-bond donors (Lipinski definition) is 1. The van der Waals surface area contributed by atoms with Crippen LogP contribution < -0.4 is 5.32 Å². The van der Waals surface area contributed by atoms with Crippen LogP contribution in [0.4, 0.5) is 17.1 Å². The van der Waals surface area contributed by atoms with Crippen LogP contribution in [-0.4, -0.2) is 52.9 Å². The van der Waals surface area contributed by atoms with Crippen molar-refractivity contribution in [3.05, 3.63) is 73.3 Å². The zero-order valence-electron chi connectivity index (χ0n) is 16.0. The van der Waals surface area contributed by atoms with Crippen LogP contribution in [0.25, 0.3) is 0 Å². The second-order valence-corrected chi connectivity index (χ2v) is 6.56. The number of rotatable bonds is 5. The second kappa shape index (κ2) is 8.66. The summed E-state index contributed by atoms with van der Waals surface area (Å²) in [4.78, 5) is 48.0. The highest BCUT2D eigenvalue weighted by molar-refractivity contribution is 6.10. The lowest BCUT2D eigenvalue weighted by atomic mass is 10.0. The van der Waals surface area contributed by atoms with E-state index in [-0.39, 0.29) is 28.3 Å². The lowest BCUT2D eigenvalue weighted by Crippen LogP contribution is -2.41. The van der Waals surface area contributed by atoms with Gasteiger partial charge in [-0.05, 0) is 19.1 Å². The van der Waals surface area contributed by atoms with Crippen molar-refractivity contribution < 1.29 is 24.2 Å². The molecule has 156 valence electrons. The van der Waals surface area contributed by atoms with Crippen LogP contribution in [0.1, 0.15) is 26.3 Å². The van der Waals surface area contributed by atoms with Gasteiger partial charge in [-0.2, -0.15) is 0 Å². The Bertz CT molecular complexity index is 1030. The molecule has 0 unspecified atom stereocenters. The van der Waals surface area contributed by atoms with Crippen molar-refractivity contribution in [3.63, 3.8) is 0 Å². The van der Waals surface area contributed by atoms with E-state index in [0.29, 0.717) is 26.3 Å². The molecular weight excluding hydrogens is 396 g/mol. The fraction of sp³-hybridized carbons (Fsp3) is 0.263. The Labute approximate surface area is 170 Å². The molecule has 2 aromatic rings.